The van der Waals surface area contributed by atoms with Gasteiger partial charge in [-0.05, 0) is 70.6 Å². The lowest BCUT2D eigenvalue weighted by atomic mass is 10.0. The minimum absolute atomic E-state index is 0.0744. The van der Waals surface area contributed by atoms with Crippen LogP contribution in [-0.4, -0.2) is 34.9 Å². The van der Waals surface area contributed by atoms with Crippen LogP contribution in [0.25, 0.3) is 0 Å². The molecule has 3 N–H and O–H groups in total. The second kappa shape index (κ2) is 50.9. The molecule has 1 amide bonds. The van der Waals surface area contributed by atoms with Crippen LogP contribution in [0, 0.1) is 0 Å². The fraction of sp³-hybridized carbons (Fsp3) is 0.732. The Hall–Kier alpha value is -2.43. The van der Waals surface area contributed by atoms with Crippen LogP contribution in [0.2, 0.25) is 0 Å². The molecule has 0 spiro atoms. The molecule has 0 radical (unpaired) electrons. The van der Waals surface area contributed by atoms with Crippen LogP contribution in [0.15, 0.2) is 85.1 Å². The van der Waals surface area contributed by atoms with Gasteiger partial charge in [-0.3, -0.25) is 4.79 Å². The van der Waals surface area contributed by atoms with E-state index in [1.54, 1.807) is 6.08 Å². The van der Waals surface area contributed by atoms with E-state index < -0.39 is 12.1 Å². The SMILES string of the molecule is CC/C=C\C/C=C\C/C=C\C/C=C\C/C=C\C/C=C\CCCCCCCCCCC(=O)NC(CO)C(O)/C=C/CCCCCCCCCCCCCCCCCCCCC. The quantitative estimate of drug-likeness (QED) is 0.0423. The number of aliphatic hydroxyl groups is 2. The Morgan fingerprint density at radius 2 is 0.733 bits per heavy atom. The molecular weight excluding hydrogens is 735 g/mol. The number of hydrogen-bond acceptors (Lipinski definition) is 3. The molecule has 0 heterocycles. The van der Waals surface area contributed by atoms with Crippen LogP contribution in [-0.2, 0) is 4.79 Å². The zero-order valence-electron chi connectivity index (χ0n) is 39.7. The van der Waals surface area contributed by atoms with E-state index in [4.69, 9.17) is 0 Å². The van der Waals surface area contributed by atoms with E-state index in [0.29, 0.717) is 6.42 Å². The molecule has 2 atom stereocenters. The molecule has 0 aromatic heterocycles. The van der Waals surface area contributed by atoms with Gasteiger partial charge in [0.2, 0.25) is 5.91 Å². The summed E-state index contributed by atoms with van der Waals surface area (Å²) in [6.45, 7) is 4.20. The number of carbonyl (C=O) groups is 1. The smallest absolute Gasteiger partial charge is 0.220 e. The third-order valence-corrected chi connectivity index (χ3v) is 11.4. The number of nitrogens with one attached hydrogen (secondary N) is 1. The van der Waals surface area contributed by atoms with Gasteiger partial charge in [-0.1, -0.05) is 253 Å². The minimum atomic E-state index is -0.848. The van der Waals surface area contributed by atoms with Gasteiger partial charge in [0.15, 0.2) is 0 Å². The van der Waals surface area contributed by atoms with Gasteiger partial charge in [-0.15, -0.1) is 0 Å². The lowest BCUT2D eigenvalue weighted by Crippen LogP contribution is -2.45. The molecule has 0 aromatic rings. The number of unbranched alkanes of at least 4 members (excludes halogenated alkanes) is 27. The Labute approximate surface area is 373 Å². The van der Waals surface area contributed by atoms with Crippen molar-refractivity contribution < 1.29 is 15.0 Å². The largest absolute Gasteiger partial charge is 0.394 e. The molecule has 0 saturated heterocycles. The summed E-state index contributed by atoms with van der Waals surface area (Å²) < 4.78 is 0. The van der Waals surface area contributed by atoms with Crippen molar-refractivity contribution >= 4 is 5.91 Å². The number of amides is 1. The first-order valence-corrected chi connectivity index (χ1v) is 25.8. The highest BCUT2D eigenvalue weighted by molar-refractivity contribution is 5.76. The summed E-state index contributed by atoms with van der Waals surface area (Å²) >= 11 is 0. The third kappa shape index (κ3) is 46.6. The number of aliphatic hydroxyl groups excluding tert-OH is 2. The number of hydrogen-bond donors (Lipinski definition) is 3. The fourth-order valence-corrected chi connectivity index (χ4v) is 7.48. The predicted molar refractivity (Wildman–Crippen MR) is 267 cm³/mol. The minimum Gasteiger partial charge on any atom is -0.394 e. The first-order chi connectivity index (χ1) is 29.7. The maximum Gasteiger partial charge on any atom is 0.220 e. The monoisotopic (exact) mass is 834 g/mol. The van der Waals surface area contributed by atoms with E-state index in [1.165, 1.54) is 154 Å². The summed E-state index contributed by atoms with van der Waals surface area (Å²) in [5.74, 6) is -0.0744. The van der Waals surface area contributed by atoms with Crippen molar-refractivity contribution in [2.24, 2.45) is 0 Å². The number of carbonyl (C=O) groups excluding carboxylic acids is 1. The zero-order chi connectivity index (χ0) is 43.5. The van der Waals surface area contributed by atoms with E-state index in [2.05, 4.69) is 92.1 Å². The summed E-state index contributed by atoms with van der Waals surface area (Å²) in [7, 11) is 0. The van der Waals surface area contributed by atoms with Gasteiger partial charge in [-0.25, -0.2) is 0 Å². The molecule has 0 rings (SSSR count). The van der Waals surface area contributed by atoms with Gasteiger partial charge >= 0.3 is 0 Å². The van der Waals surface area contributed by atoms with Crippen LogP contribution in [0.5, 0.6) is 0 Å². The summed E-state index contributed by atoms with van der Waals surface area (Å²) in [5.41, 5.74) is 0. The average molecular weight is 834 g/mol. The highest BCUT2D eigenvalue weighted by Gasteiger charge is 2.18. The van der Waals surface area contributed by atoms with Crippen molar-refractivity contribution in [1.29, 1.82) is 0 Å². The van der Waals surface area contributed by atoms with E-state index in [-0.39, 0.29) is 12.5 Å². The summed E-state index contributed by atoms with van der Waals surface area (Å²) in [6, 6.07) is -0.633. The van der Waals surface area contributed by atoms with Crippen LogP contribution in [0.3, 0.4) is 0 Å². The molecule has 346 valence electrons. The van der Waals surface area contributed by atoms with E-state index >= 15 is 0 Å². The van der Waals surface area contributed by atoms with Crippen molar-refractivity contribution in [1.82, 2.24) is 5.32 Å². The molecule has 0 aromatic carbocycles. The van der Waals surface area contributed by atoms with Crippen LogP contribution < -0.4 is 5.32 Å². The molecule has 0 aliphatic rings. The first-order valence-electron chi connectivity index (χ1n) is 25.8. The Balaban J connectivity index is 3.60. The second-order valence-corrected chi connectivity index (χ2v) is 17.2. The summed E-state index contributed by atoms with van der Waals surface area (Å²) in [4.78, 5) is 12.4. The molecular formula is C56H99NO3. The Morgan fingerprint density at radius 1 is 0.417 bits per heavy atom. The lowest BCUT2D eigenvalue weighted by Gasteiger charge is -2.20. The van der Waals surface area contributed by atoms with E-state index in [0.717, 1.165) is 70.6 Å². The van der Waals surface area contributed by atoms with Crippen molar-refractivity contribution in [3.05, 3.63) is 85.1 Å². The molecule has 0 bridgehead atoms. The standard InChI is InChI=1S/C56H99NO3/c1-3-5-7-9-11-13-15-17-19-21-23-25-26-27-28-29-30-32-34-36-38-40-42-44-46-48-50-52-56(60)57-54(53-58)55(59)51-49-47-45-43-41-39-37-35-33-31-24-22-20-18-16-14-12-10-8-6-4-2/h5,7,11,13,17,19,23,25,27-28,30,32,49,51,54-55,58-59H,3-4,6,8-10,12,14-16,18,20-22,24,26,29,31,33-48,50,52-53H2,1-2H3,(H,57,60)/b7-5-,13-11-,19-17-,25-23-,28-27-,32-30-,51-49+. The van der Waals surface area contributed by atoms with Gasteiger partial charge < -0.3 is 15.5 Å². The van der Waals surface area contributed by atoms with Gasteiger partial charge in [0.25, 0.3) is 0 Å². The molecule has 60 heavy (non-hydrogen) atoms. The number of rotatable bonds is 46. The van der Waals surface area contributed by atoms with Crippen LogP contribution >= 0.6 is 0 Å². The van der Waals surface area contributed by atoms with Crippen molar-refractivity contribution in [3.8, 4) is 0 Å². The molecule has 0 fully saturated rings. The fourth-order valence-electron chi connectivity index (χ4n) is 7.48. The van der Waals surface area contributed by atoms with Crippen LogP contribution in [0.4, 0.5) is 0 Å². The van der Waals surface area contributed by atoms with Crippen molar-refractivity contribution in [2.75, 3.05) is 6.61 Å². The van der Waals surface area contributed by atoms with Gasteiger partial charge in [0.1, 0.15) is 0 Å². The van der Waals surface area contributed by atoms with Crippen molar-refractivity contribution in [3.63, 3.8) is 0 Å². The highest BCUT2D eigenvalue weighted by atomic mass is 16.3. The molecule has 2 unspecified atom stereocenters. The van der Waals surface area contributed by atoms with E-state index in [9.17, 15) is 15.0 Å². The Morgan fingerprint density at radius 3 is 1.10 bits per heavy atom. The Kier molecular flexibility index (Phi) is 48.9. The molecule has 0 saturated carbocycles. The molecule has 0 aliphatic heterocycles. The molecule has 4 heteroatoms. The second-order valence-electron chi connectivity index (χ2n) is 17.2. The molecule has 4 nitrogen and oxygen atoms in total. The predicted octanol–water partition coefficient (Wildman–Crippen LogP) is 16.8. The maximum absolute atomic E-state index is 12.4. The lowest BCUT2D eigenvalue weighted by molar-refractivity contribution is -0.123. The van der Waals surface area contributed by atoms with Crippen LogP contribution in [0.1, 0.15) is 245 Å². The summed E-state index contributed by atoms with van der Waals surface area (Å²) in [5, 5.41) is 23.1. The number of allylic oxidation sites excluding steroid dienone is 13. The summed E-state index contributed by atoms with van der Waals surface area (Å²) in [6.07, 6.45) is 74.3. The van der Waals surface area contributed by atoms with E-state index in [1.807, 2.05) is 6.08 Å². The highest BCUT2D eigenvalue weighted by Crippen LogP contribution is 2.16. The van der Waals surface area contributed by atoms with Gasteiger partial charge in [-0.2, -0.15) is 0 Å². The van der Waals surface area contributed by atoms with Gasteiger partial charge in [0.05, 0.1) is 18.8 Å². The van der Waals surface area contributed by atoms with Gasteiger partial charge in [0, 0.05) is 6.42 Å². The third-order valence-electron chi connectivity index (χ3n) is 11.4. The molecule has 0 aliphatic carbocycles. The topological polar surface area (TPSA) is 69.6 Å². The average Bonchev–Trinajstić information content (AvgIpc) is 3.25. The zero-order valence-corrected chi connectivity index (χ0v) is 39.7. The Bertz CT molecular complexity index is 1080. The first kappa shape index (κ1) is 57.6. The normalized spacial score (nSPS) is 13.6. The maximum atomic E-state index is 12.4. The van der Waals surface area contributed by atoms with Crippen molar-refractivity contribution in [2.45, 2.75) is 257 Å².